The number of alkyl halides is 3. The average Bonchev–Trinajstić information content (AvgIpc) is 3.15. The van der Waals surface area contributed by atoms with Crippen molar-refractivity contribution in [3.63, 3.8) is 0 Å². The zero-order valence-electron chi connectivity index (χ0n) is 17.5. The molecule has 1 amide bonds. The van der Waals surface area contributed by atoms with Crippen LogP contribution in [0, 0.1) is 0 Å². The van der Waals surface area contributed by atoms with Crippen molar-refractivity contribution in [3.05, 3.63) is 95.6 Å². The van der Waals surface area contributed by atoms with Gasteiger partial charge in [0.15, 0.2) is 17.2 Å². The number of carbonyl (C=O) groups is 1. The number of hydrogen-bond acceptors (Lipinski definition) is 4. The van der Waals surface area contributed by atoms with Crippen LogP contribution in [0.1, 0.15) is 11.1 Å². The lowest BCUT2D eigenvalue weighted by Crippen LogP contribution is -2.25. The smallest absolute Gasteiger partial charge is 0.435 e. The molecule has 0 fully saturated rings. The molecule has 0 N–H and O–H groups in total. The largest absolute Gasteiger partial charge is 0.493 e. The number of hydrogen-bond donors (Lipinski definition) is 0. The summed E-state index contributed by atoms with van der Waals surface area (Å²) in [5.74, 6) is -0.107. The number of nitrogens with zero attached hydrogens (tertiary/aromatic N) is 2. The summed E-state index contributed by atoms with van der Waals surface area (Å²) in [6, 6.07) is 22.1. The maximum atomic E-state index is 13.7. The lowest BCUT2D eigenvalue weighted by Gasteiger charge is -2.12. The van der Waals surface area contributed by atoms with E-state index in [4.69, 9.17) is 9.47 Å². The second kappa shape index (κ2) is 9.20. The summed E-state index contributed by atoms with van der Waals surface area (Å²) < 4.78 is 52.1. The Morgan fingerprint density at radius 1 is 0.939 bits per heavy atom. The number of rotatable bonds is 6. The number of methoxy groups -OCH3 is 1. The van der Waals surface area contributed by atoms with E-state index in [2.05, 4.69) is 5.10 Å². The zero-order chi connectivity index (χ0) is 23.4. The van der Waals surface area contributed by atoms with Gasteiger partial charge in [0.05, 0.1) is 18.4 Å². The van der Waals surface area contributed by atoms with E-state index in [0.717, 1.165) is 16.6 Å². The normalized spacial score (nSPS) is 15.0. The summed E-state index contributed by atoms with van der Waals surface area (Å²) in [5, 5.41) is 4.32. The van der Waals surface area contributed by atoms with E-state index >= 15 is 0 Å². The predicted molar refractivity (Wildman–Crippen MR) is 119 cm³/mol. The predicted octanol–water partition coefficient (Wildman–Crippen LogP) is 5.62. The van der Waals surface area contributed by atoms with Gasteiger partial charge in [0.25, 0.3) is 5.91 Å². The van der Waals surface area contributed by atoms with E-state index in [0.29, 0.717) is 23.7 Å². The van der Waals surface area contributed by atoms with Gasteiger partial charge in [0, 0.05) is 0 Å². The number of halogens is 3. The summed E-state index contributed by atoms with van der Waals surface area (Å²) in [6.07, 6.45) is -3.64. The first-order valence-corrected chi connectivity index (χ1v) is 9.99. The molecule has 0 bridgehead atoms. The van der Waals surface area contributed by atoms with Crippen LogP contribution in [0.3, 0.4) is 0 Å². The van der Waals surface area contributed by atoms with Crippen LogP contribution in [0.25, 0.3) is 6.08 Å². The molecule has 3 aromatic carbocycles. The summed E-state index contributed by atoms with van der Waals surface area (Å²) in [7, 11) is 1.43. The van der Waals surface area contributed by atoms with Crippen LogP contribution in [0.5, 0.6) is 11.5 Å². The molecule has 8 heteroatoms. The molecule has 1 heterocycles. The van der Waals surface area contributed by atoms with Gasteiger partial charge in [-0.1, -0.05) is 54.6 Å². The number of amides is 1. The van der Waals surface area contributed by atoms with Crippen molar-refractivity contribution in [2.45, 2.75) is 12.8 Å². The molecule has 0 saturated carbocycles. The Morgan fingerprint density at radius 2 is 1.61 bits per heavy atom. The Morgan fingerprint density at radius 3 is 2.24 bits per heavy atom. The van der Waals surface area contributed by atoms with Crippen LogP contribution in [0.15, 0.2) is 89.5 Å². The lowest BCUT2D eigenvalue weighted by molar-refractivity contribution is -0.114. The zero-order valence-corrected chi connectivity index (χ0v) is 17.5. The summed E-state index contributed by atoms with van der Waals surface area (Å²) in [5.41, 5.74) is -0.260. The van der Waals surface area contributed by atoms with Crippen LogP contribution in [-0.4, -0.2) is 24.9 Å². The monoisotopic (exact) mass is 452 g/mol. The van der Waals surface area contributed by atoms with E-state index in [9.17, 15) is 18.0 Å². The van der Waals surface area contributed by atoms with E-state index in [1.54, 1.807) is 30.3 Å². The Labute approximate surface area is 188 Å². The highest BCUT2D eigenvalue weighted by Crippen LogP contribution is 2.34. The molecule has 0 aliphatic carbocycles. The Kier molecular flexibility index (Phi) is 6.17. The van der Waals surface area contributed by atoms with Gasteiger partial charge in [0.1, 0.15) is 6.61 Å². The quantitative estimate of drug-likeness (QED) is 0.456. The van der Waals surface area contributed by atoms with Gasteiger partial charge >= 0.3 is 6.18 Å². The molecule has 0 radical (unpaired) electrons. The Hall–Kier alpha value is -4.07. The minimum absolute atomic E-state index is 0.245. The van der Waals surface area contributed by atoms with Gasteiger partial charge in [-0.2, -0.15) is 23.3 Å². The Balaban J connectivity index is 1.64. The second-order valence-corrected chi connectivity index (χ2v) is 7.14. The van der Waals surface area contributed by atoms with Crippen LogP contribution in [0.2, 0.25) is 0 Å². The van der Waals surface area contributed by atoms with Gasteiger partial charge < -0.3 is 9.47 Å². The first-order valence-electron chi connectivity index (χ1n) is 9.99. The summed E-state index contributed by atoms with van der Waals surface area (Å²) in [4.78, 5) is 12.8. The maximum absolute atomic E-state index is 13.7. The Bertz CT molecular complexity index is 1210. The maximum Gasteiger partial charge on any atom is 0.435 e. The molecule has 3 aromatic rings. The first-order chi connectivity index (χ1) is 15.9. The molecule has 0 unspecified atom stereocenters. The molecular weight excluding hydrogens is 433 g/mol. The second-order valence-electron chi connectivity index (χ2n) is 7.14. The molecule has 168 valence electrons. The fourth-order valence-corrected chi connectivity index (χ4v) is 3.29. The third-order valence-corrected chi connectivity index (χ3v) is 4.88. The summed E-state index contributed by atoms with van der Waals surface area (Å²) >= 11 is 0. The number of hydrazone groups is 1. The van der Waals surface area contributed by atoms with Gasteiger partial charge in [0.2, 0.25) is 0 Å². The molecule has 0 saturated heterocycles. The SMILES string of the molecule is COc1cc(/C=C2\C(=O)N(c3ccccc3)N=C2C(F)(F)F)ccc1OCc1ccccc1. The molecule has 4 rings (SSSR count). The average molecular weight is 452 g/mol. The molecular formula is C25H19F3N2O3. The van der Waals surface area contributed by atoms with Crippen molar-refractivity contribution in [1.29, 1.82) is 0 Å². The lowest BCUT2D eigenvalue weighted by atomic mass is 10.1. The number of carbonyl (C=O) groups excluding carboxylic acids is 1. The fraction of sp³-hybridized carbons (Fsp3) is 0.120. The van der Waals surface area contributed by atoms with Crippen LogP contribution >= 0.6 is 0 Å². The molecule has 0 aromatic heterocycles. The summed E-state index contributed by atoms with van der Waals surface area (Å²) in [6.45, 7) is 0.299. The van der Waals surface area contributed by atoms with Crippen LogP contribution in [0.4, 0.5) is 18.9 Å². The van der Waals surface area contributed by atoms with Crippen molar-refractivity contribution < 1.29 is 27.4 Å². The highest BCUT2D eigenvalue weighted by molar-refractivity contribution is 6.34. The molecule has 1 aliphatic heterocycles. The van der Waals surface area contributed by atoms with Gasteiger partial charge in [-0.3, -0.25) is 4.79 Å². The van der Waals surface area contributed by atoms with Crippen LogP contribution < -0.4 is 14.5 Å². The topological polar surface area (TPSA) is 51.1 Å². The first kappa shape index (κ1) is 22.1. The number of ether oxygens (including phenoxy) is 2. The molecule has 33 heavy (non-hydrogen) atoms. The third-order valence-electron chi connectivity index (χ3n) is 4.88. The minimum Gasteiger partial charge on any atom is -0.493 e. The van der Waals surface area contributed by atoms with E-state index < -0.39 is 23.4 Å². The molecule has 1 aliphatic rings. The van der Waals surface area contributed by atoms with Crippen molar-refractivity contribution in [3.8, 4) is 11.5 Å². The highest BCUT2D eigenvalue weighted by Gasteiger charge is 2.46. The minimum atomic E-state index is -4.80. The molecule has 5 nitrogen and oxygen atoms in total. The number of anilines is 1. The third kappa shape index (κ3) is 4.90. The molecule has 0 atom stereocenters. The van der Waals surface area contributed by atoms with Crippen molar-refractivity contribution in [1.82, 2.24) is 0 Å². The van der Waals surface area contributed by atoms with Crippen molar-refractivity contribution in [2.75, 3.05) is 12.1 Å². The van der Waals surface area contributed by atoms with Gasteiger partial charge in [-0.25, -0.2) is 0 Å². The van der Waals surface area contributed by atoms with Gasteiger partial charge in [-0.05, 0) is 41.5 Å². The van der Waals surface area contributed by atoms with Crippen molar-refractivity contribution in [2.24, 2.45) is 5.10 Å². The van der Waals surface area contributed by atoms with Crippen LogP contribution in [-0.2, 0) is 11.4 Å². The van der Waals surface area contributed by atoms with Crippen molar-refractivity contribution >= 4 is 23.4 Å². The standard InChI is InChI=1S/C25H19F3N2O3/c1-32-22-15-18(12-13-21(22)33-16-17-8-4-2-5-9-17)14-20-23(25(26,27)28)29-30(24(20)31)19-10-6-3-7-11-19/h2-15H,16H2,1H3/b20-14-. The molecule has 0 spiro atoms. The van der Waals surface area contributed by atoms with E-state index in [1.165, 1.54) is 25.3 Å². The number of para-hydroxylation sites is 1. The number of benzene rings is 3. The fourth-order valence-electron chi connectivity index (χ4n) is 3.29. The highest BCUT2D eigenvalue weighted by atomic mass is 19.4. The van der Waals surface area contributed by atoms with E-state index in [1.807, 2.05) is 30.3 Å². The van der Waals surface area contributed by atoms with Gasteiger partial charge in [-0.15, -0.1) is 0 Å². The van der Waals surface area contributed by atoms with E-state index in [-0.39, 0.29) is 5.69 Å².